The van der Waals surface area contributed by atoms with Crippen LogP contribution in [0.25, 0.3) is 0 Å². The average molecular weight is 238 g/mol. The van der Waals surface area contributed by atoms with Crippen molar-refractivity contribution < 1.29 is 9.13 Å². The Bertz CT molecular complexity index is 387. The molecule has 0 radical (unpaired) electrons. The van der Waals surface area contributed by atoms with Crippen molar-refractivity contribution in [2.75, 3.05) is 18.8 Å². The summed E-state index contributed by atoms with van der Waals surface area (Å²) in [4.78, 5) is 2.29. The minimum Gasteiger partial charge on any atom is -0.398 e. The van der Waals surface area contributed by atoms with Crippen molar-refractivity contribution in [2.24, 2.45) is 0 Å². The normalized spacial score (nSPS) is 26.1. The van der Waals surface area contributed by atoms with Crippen LogP contribution in [0, 0.1) is 5.82 Å². The first-order valence-corrected chi connectivity index (χ1v) is 5.96. The number of hydrogen-bond donors (Lipinski definition) is 1. The van der Waals surface area contributed by atoms with Gasteiger partial charge in [0.25, 0.3) is 0 Å². The number of hydrogen-bond acceptors (Lipinski definition) is 3. The zero-order chi connectivity index (χ0) is 12.4. The molecule has 1 aromatic carbocycles. The van der Waals surface area contributed by atoms with Crippen LogP contribution < -0.4 is 5.73 Å². The Morgan fingerprint density at radius 1 is 1.35 bits per heavy atom. The molecule has 0 amide bonds. The second-order valence-electron chi connectivity index (χ2n) is 4.79. The summed E-state index contributed by atoms with van der Waals surface area (Å²) in [6.07, 6.45) is 0.473. The molecule has 4 heteroatoms. The number of nitrogens with zero attached hydrogens (tertiary/aromatic N) is 1. The van der Waals surface area contributed by atoms with Gasteiger partial charge in [-0.15, -0.1) is 0 Å². The first kappa shape index (κ1) is 12.3. The van der Waals surface area contributed by atoms with Crippen LogP contribution in [0.4, 0.5) is 10.1 Å². The van der Waals surface area contributed by atoms with Crippen molar-refractivity contribution in [3.63, 3.8) is 0 Å². The maximum atomic E-state index is 12.9. The molecule has 0 bridgehead atoms. The summed E-state index contributed by atoms with van der Waals surface area (Å²) >= 11 is 0. The molecule has 0 aromatic heterocycles. The third kappa shape index (κ3) is 3.17. The van der Waals surface area contributed by atoms with Gasteiger partial charge in [0, 0.05) is 25.3 Å². The fraction of sp³-hybridized carbons (Fsp3) is 0.538. The summed E-state index contributed by atoms with van der Waals surface area (Å²) in [5.74, 6) is -0.282. The highest BCUT2D eigenvalue weighted by atomic mass is 19.1. The van der Waals surface area contributed by atoms with E-state index in [0.29, 0.717) is 5.69 Å². The molecule has 2 rings (SSSR count). The number of halogens is 1. The van der Waals surface area contributed by atoms with Gasteiger partial charge in [0.15, 0.2) is 0 Å². The minimum atomic E-state index is -0.282. The van der Waals surface area contributed by atoms with Gasteiger partial charge < -0.3 is 10.5 Å². The van der Waals surface area contributed by atoms with Gasteiger partial charge in [-0.05, 0) is 31.5 Å². The Kier molecular flexibility index (Phi) is 3.64. The molecule has 2 N–H and O–H groups in total. The summed E-state index contributed by atoms with van der Waals surface area (Å²) in [6.45, 7) is 6.67. The molecule has 94 valence electrons. The number of nitrogens with two attached hydrogens (primary N) is 1. The Hall–Kier alpha value is -1.13. The average Bonchev–Trinajstić information content (AvgIpc) is 2.21. The van der Waals surface area contributed by atoms with Gasteiger partial charge in [0.1, 0.15) is 5.82 Å². The molecule has 0 saturated carbocycles. The van der Waals surface area contributed by atoms with Crippen LogP contribution in [0.5, 0.6) is 0 Å². The van der Waals surface area contributed by atoms with Crippen LogP contribution >= 0.6 is 0 Å². The van der Waals surface area contributed by atoms with Crippen LogP contribution in [-0.2, 0) is 11.3 Å². The van der Waals surface area contributed by atoms with E-state index in [0.717, 1.165) is 25.2 Å². The molecule has 17 heavy (non-hydrogen) atoms. The Morgan fingerprint density at radius 2 is 2.00 bits per heavy atom. The van der Waals surface area contributed by atoms with Crippen LogP contribution in [0.1, 0.15) is 19.4 Å². The van der Waals surface area contributed by atoms with Gasteiger partial charge in [-0.2, -0.15) is 0 Å². The van der Waals surface area contributed by atoms with E-state index in [1.165, 1.54) is 12.1 Å². The van der Waals surface area contributed by atoms with Gasteiger partial charge in [-0.1, -0.05) is 6.07 Å². The first-order chi connectivity index (χ1) is 8.04. The highest BCUT2D eigenvalue weighted by Gasteiger charge is 2.22. The number of anilines is 1. The lowest BCUT2D eigenvalue weighted by molar-refractivity contribution is -0.0704. The minimum absolute atomic E-state index is 0.237. The predicted octanol–water partition coefficient (Wildman–Crippen LogP) is 2.02. The highest BCUT2D eigenvalue weighted by molar-refractivity contribution is 5.46. The van der Waals surface area contributed by atoms with Crippen molar-refractivity contribution in [3.05, 3.63) is 29.6 Å². The zero-order valence-corrected chi connectivity index (χ0v) is 10.3. The SMILES string of the molecule is CC1CN(Cc2ccc(F)cc2N)CC(C)O1. The lowest BCUT2D eigenvalue weighted by Crippen LogP contribution is -2.44. The molecule has 1 aromatic rings. The Morgan fingerprint density at radius 3 is 2.59 bits per heavy atom. The third-order valence-electron chi connectivity index (χ3n) is 3.00. The fourth-order valence-electron chi connectivity index (χ4n) is 2.36. The van der Waals surface area contributed by atoms with Gasteiger partial charge in [-0.25, -0.2) is 4.39 Å². The number of ether oxygens (including phenoxy) is 1. The molecule has 0 aliphatic carbocycles. The van der Waals surface area contributed by atoms with E-state index in [1.54, 1.807) is 6.07 Å². The third-order valence-corrected chi connectivity index (χ3v) is 3.00. The molecule has 1 aliphatic rings. The molecule has 0 spiro atoms. The number of morpholine rings is 1. The van der Waals surface area contributed by atoms with Crippen molar-refractivity contribution in [2.45, 2.75) is 32.6 Å². The van der Waals surface area contributed by atoms with E-state index >= 15 is 0 Å². The molecule has 1 aliphatic heterocycles. The summed E-state index contributed by atoms with van der Waals surface area (Å²) in [5, 5.41) is 0. The molecule has 2 unspecified atom stereocenters. The van der Waals surface area contributed by atoms with Crippen molar-refractivity contribution in [1.29, 1.82) is 0 Å². The molecule has 3 nitrogen and oxygen atoms in total. The van der Waals surface area contributed by atoms with Gasteiger partial charge in [0.2, 0.25) is 0 Å². The summed E-state index contributed by atoms with van der Waals surface area (Å²) in [6, 6.07) is 4.59. The summed E-state index contributed by atoms with van der Waals surface area (Å²) in [5.41, 5.74) is 7.31. The number of benzene rings is 1. The topological polar surface area (TPSA) is 38.5 Å². The van der Waals surface area contributed by atoms with Gasteiger partial charge in [-0.3, -0.25) is 4.90 Å². The summed E-state index contributed by atoms with van der Waals surface area (Å²) in [7, 11) is 0. The van der Waals surface area contributed by atoms with E-state index in [9.17, 15) is 4.39 Å². The monoisotopic (exact) mass is 238 g/mol. The van der Waals surface area contributed by atoms with Crippen LogP contribution in [-0.4, -0.2) is 30.2 Å². The largest absolute Gasteiger partial charge is 0.398 e. The van der Waals surface area contributed by atoms with E-state index in [1.807, 2.05) is 0 Å². The smallest absolute Gasteiger partial charge is 0.125 e. The summed E-state index contributed by atoms with van der Waals surface area (Å²) < 4.78 is 18.6. The van der Waals surface area contributed by atoms with Crippen molar-refractivity contribution in [3.8, 4) is 0 Å². The van der Waals surface area contributed by atoms with Crippen molar-refractivity contribution in [1.82, 2.24) is 4.90 Å². The van der Waals surface area contributed by atoms with Crippen LogP contribution in [0.15, 0.2) is 18.2 Å². The highest BCUT2D eigenvalue weighted by Crippen LogP contribution is 2.18. The Balaban J connectivity index is 2.04. The van der Waals surface area contributed by atoms with Crippen LogP contribution in [0.3, 0.4) is 0 Å². The predicted molar refractivity (Wildman–Crippen MR) is 66.1 cm³/mol. The van der Waals surface area contributed by atoms with Gasteiger partial charge in [0.05, 0.1) is 12.2 Å². The number of nitrogen functional groups attached to an aromatic ring is 1. The molecule has 2 atom stereocenters. The maximum Gasteiger partial charge on any atom is 0.125 e. The van der Waals surface area contributed by atoms with Crippen LogP contribution in [0.2, 0.25) is 0 Å². The van der Waals surface area contributed by atoms with E-state index in [-0.39, 0.29) is 18.0 Å². The van der Waals surface area contributed by atoms with Crippen molar-refractivity contribution >= 4 is 5.69 Å². The second kappa shape index (κ2) is 5.02. The number of rotatable bonds is 2. The quantitative estimate of drug-likeness (QED) is 0.801. The van der Waals surface area contributed by atoms with E-state index in [2.05, 4.69) is 18.7 Å². The lowest BCUT2D eigenvalue weighted by atomic mass is 10.1. The maximum absolute atomic E-state index is 12.9. The first-order valence-electron chi connectivity index (χ1n) is 5.96. The Labute approximate surface area is 101 Å². The lowest BCUT2D eigenvalue weighted by Gasteiger charge is -2.35. The second-order valence-corrected chi connectivity index (χ2v) is 4.79. The molecule has 1 heterocycles. The zero-order valence-electron chi connectivity index (χ0n) is 10.3. The van der Waals surface area contributed by atoms with Gasteiger partial charge >= 0.3 is 0 Å². The molecule has 1 saturated heterocycles. The van der Waals surface area contributed by atoms with E-state index in [4.69, 9.17) is 10.5 Å². The standard InChI is InChI=1S/C13H19FN2O/c1-9-6-16(7-10(2)17-9)8-11-3-4-12(14)5-13(11)15/h3-5,9-10H,6-8,15H2,1-2H3. The molecule has 1 fully saturated rings. The molecular formula is C13H19FN2O. The fourth-order valence-corrected chi connectivity index (χ4v) is 2.36. The molecular weight excluding hydrogens is 219 g/mol. The van der Waals surface area contributed by atoms with E-state index < -0.39 is 0 Å².